The monoisotopic (exact) mass is 463 g/mol. The Morgan fingerprint density at radius 3 is 2.00 bits per heavy atom. The van der Waals surface area contributed by atoms with Crippen LogP contribution in [0.5, 0.6) is 5.75 Å². The minimum Gasteiger partial charge on any atom is -0.462 e. The third-order valence-electron chi connectivity index (χ3n) is 5.67. The number of nitrogens with zero attached hydrogens (tertiary/aromatic N) is 1. The van der Waals surface area contributed by atoms with Gasteiger partial charge in [-0.1, -0.05) is 0 Å². The van der Waals surface area contributed by atoms with E-state index in [9.17, 15) is 51.0 Å². The third-order valence-corrected chi connectivity index (χ3v) is 5.67. The predicted octanol–water partition coefficient (Wildman–Crippen LogP) is -4.01. The highest BCUT2D eigenvalue weighted by atomic mass is 16.7. The fourth-order valence-electron chi connectivity index (χ4n) is 3.79. The molecule has 1 aromatic carbocycles. The molecule has 14 heteroatoms. The maximum Gasteiger partial charge on any atom is 0.269 e. The number of aliphatic hydroxyl groups excluding tert-OH is 7. The van der Waals surface area contributed by atoms with Gasteiger partial charge in [0, 0.05) is 12.1 Å². The molecule has 32 heavy (non-hydrogen) atoms. The summed E-state index contributed by atoms with van der Waals surface area (Å²) >= 11 is 0. The number of nitro groups is 1. The number of non-ortho nitro benzene ring substituents is 1. The van der Waals surface area contributed by atoms with Crippen LogP contribution in [0.25, 0.3) is 0 Å². The van der Waals surface area contributed by atoms with Gasteiger partial charge in [-0.25, -0.2) is 0 Å². The molecule has 0 saturated carbocycles. The Bertz CT molecular complexity index is 792. The van der Waals surface area contributed by atoms with Crippen LogP contribution >= 0.6 is 0 Å². The van der Waals surface area contributed by atoms with Crippen LogP contribution in [0.15, 0.2) is 24.3 Å². The van der Waals surface area contributed by atoms with E-state index in [1.807, 2.05) is 0 Å². The molecule has 0 radical (unpaired) electrons. The number of aliphatic hydroxyl groups is 8. The highest BCUT2D eigenvalue weighted by molar-refractivity contribution is 5.36. The topological polar surface area (TPSA) is 233 Å². The van der Waals surface area contributed by atoms with Gasteiger partial charge in [-0.05, 0) is 12.1 Å². The van der Waals surface area contributed by atoms with Gasteiger partial charge in [-0.2, -0.15) is 0 Å². The molecule has 1 aromatic rings. The van der Waals surface area contributed by atoms with E-state index in [1.165, 1.54) is 0 Å². The maximum absolute atomic E-state index is 11.4. The van der Waals surface area contributed by atoms with Crippen molar-refractivity contribution >= 4 is 5.69 Å². The minimum absolute atomic E-state index is 0.0936. The van der Waals surface area contributed by atoms with E-state index in [1.54, 1.807) is 0 Å². The smallest absolute Gasteiger partial charge is 0.269 e. The molecule has 14 nitrogen and oxygen atoms in total. The normalized spacial score (nSPS) is 42.4. The second-order valence-corrected chi connectivity index (χ2v) is 7.63. The molecule has 3 rings (SSSR count). The highest BCUT2D eigenvalue weighted by Crippen LogP contribution is 2.40. The fraction of sp³-hybridized carbons (Fsp3) is 0.667. The molecule has 0 amide bonds. The summed E-state index contributed by atoms with van der Waals surface area (Å²) in [4.78, 5) is 10.2. The second kappa shape index (κ2) is 9.48. The lowest BCUT2D eigenvalue weighted by Gasteiger charge is -2.54. The van der Waals surface area contributed by atoms with E-state index >= 15 is 0 Å². The maximum atomic E-state index is 11.4. The Balaban J connectivity index is 1.98. The summed E-state index contributed by atoms with van der Waals surface area (Å²) in [6, 6.07) is 4.47. The van der Waals surface area contributed by atoms with Crippen molar-refractivity contribution in [2.75, 3.05) is 13.2 Å². The van der Waals surface area contributed by atoms with Gasteiger partial charge < -0.3 is 55.1 Å². The summed E-state index contributed by atoms with van der Waals surface area (Å²) < 4.78 is 16.2. The molecule has 2 fully saturated rings. The molecule has 2 aliphatic rings. The number of hydrogen-bond donors (Lipinski definition) is 8. The summed E-state index contributed by atoms with van der Waals surface area (Å²) in [5.74, 6) is -0.0936. The van der Waals surface area contributed by atoms with Crippen molar-refractivity contribution in [3.05, 3.63) is 34.4 Å². The molecular weight excluding hydrogens is 438 g/mol. The molecule has 2 aliphatic heterocycles. The Labute approximate surface area is 180 Å². The van der Waals surface area contributed by atoms with Gasteiger partial charge in [-0.3, -0.25) is 10.1 Å². The molecule has 2 heterocycles. The first-order valence-corrected chi connectivity index (χ1v) is 9.62. The average molecular weight is 463 g/mol. The van der Waals surface area contributed by atoms with Crippen LogP contribution in [0, 0.1) is 10.1 Å². The van der Waals surface area contributed by atoms with Gasteiger partial charge in [0.2, 0.25) is 6.29 Å². The summed E-state index contributed by atoms with van der Waals surface area (Å²) in [7, 11) is 0. The van der Waals surface area contributed by atoms with Crippen molar-refractivity contribution in [2.45, 2.75) is 60.7 Å². The molecule has 0 spiro atoms. The number of ether oxygens (including phenoxy) is 3. The third kappa shape index (κ3) is 4.17. The number of hydrogen-bond acceptors (Lipinski definition) is 13. The largest absolute Gasteiger partial charge is 0.462 e. The van der Waals surface area contributed by atoms with Gasteiger partial charge >= 0.3 is 0 Å². The van der Waals surface area contributed by atoms with Crippen LogP contribution in [0.4, 0.5) is 5.69 Å². The van der Waals surface area contributed by atoms with E-state index in [4.69, 9.17) is 14.2 Å². The fourth-order valence-corrected chi connectivity index (χ4v) is 3.79. The van der Waals surface area contributed by atoms with Gasteiger partial charge in [0.05, 0.1) is 18.1 Å². The van der Waals surface area contributed by atoms with Crippen molar-refractivity contribution < 1.29 is 60.0 Å². The van der Waals surface area contributed by atoms with E-state index in [0.29, 0.717) is 0 Å². The summed E-state index contributed by atoms with van der Waals surface area (Å²) in [6.45, 7) is -1.63. The number of rotatable bonds is 6. The van der Waals surface area contributed by atoms with Crippen molar-refractivity contribution in [3.8, 4) is 5.75 Å². The summed E-state index contributed by atoms with van der Waals surface area (Å²) in [5, 5.41) is 92.6. The van der Waals surface area contributed by atoms with Crippen LogP contribution in [-0.2, 0) is 9.47 Å². The molecule has 0 aliphatic carbocycles. The van der Waals surface area contributed by atoms with Crippen molar-refractivity contribution in [2.24, 2.45) is 0 Å². The first-order chi connectivity index (χ1) is 15.1. The minimum atomic E-state index is -2.80. The Kier molecular flexibility index (Phi) is 7.31. The predicted molar refractivity (Wildman–Crippen MR) is 100 cm³/mol. The lowest BCUT2D eigenvalue weighted by atomic mass is 9.76. The zero-order chi connectivity index (χ0) is 23.8. The zero-order valence-corrected chi connectivity index (χ0v) is 16.5. The molecule has 10 atom stereocenters. The van der Waals surface area contributed by atoms with Crippen molar-refractivity contribution in [1.82, 2.24) is 0 Å². The van der Waals surface area contributed by atoms with E-state index < -0.39 is 78.9 Å². The quantitative estimate of drug-likeness (QED) is 0.149. The molecule has 8 N–H and O–H groups in total. The summed E-state index contributed by atoms with van der Waals surface area (Å²) in [6.07, 6.45) is -16.6. The second-order valence-electron chi connectivity index (χ2n) is 7.63. The SMILES string of the molecule is O=[N+]([O-])c1ccc(O[C@H]2O[C@H](CO)[C@H](O)[C@H](O)[C@]2(O)[C@@H]2O[C@H](CO)[C@H](O)[C@H](O)[C@H]2O)cc1. The van der Waals surface area contributed by atoms with Gasteiger partial charge in [-0.15, -0.1) is 0 Å². The first-order valence-electron chi connectivity index (χ1n) is 9.62. The van der Waals surface area contributed by atoms with Crippen LogP contribution < -0.4 is 4.74 Å². The average Bonchev–Trinajstić information content (AvgIpc) is 2.78. The van der Waals surface area contributed by atoms with Crippen molar-refractivity contribution in [3.63, 3.8) is 0 Å². The van der Waals surface area contributed by atoms with Crippen LogP contribution in [0.2, 0.25) is 0 Å². The Hall–Kier alpha value is -1.98. The Morgan fingerprint density at radius 1 is 0.906 bits per heavy atom. The van der Waals surface area contributed by atoms with Gasteiger partial charge in [0.15, 0.2) is 5.60 Å². The summed E-state index contributed by atoms with van der Waals surface area (Å²) in [5.41, 5.74) is -3.07. The number of nitro benzene ring substituents is 1. The zero-order valence-electron chi connectivity index (χ0n) is 16.5. The van der Waals surface area contributed by atoms with Gasteiger partial charge in [0.25, 0.3) is 5.69 Å². The van der Waals surface area contributed by atoms with Crippen LogP contribution in [0.1, 0.15) is 0 Å². The standard InChI is InChI=1S/C18H25NO13/c20-5-9-11(22)13(24)14(25)16(31-9)18(27)15(26)12(23)10(6-21)32-17(18)30-8-3-1-7(2-4-8)19(28)29/h1-4,9-17,20-27H,5-6H2/t9-,10-,11+,12+,13+,14-,15+,16-,17+,18+/m1/s1. The lowest BCUT2D eigenvalue weighted by Crippen LogP contribution is -2.77. The van der Waals surface area contributed by atoms with E-state index in [-0.39, 0.29) is 11.4 Å². The Morgan fingerprint density at radius 2 is 1.47 bits per heavy atom. The molecule has 0 unspecified atom stereocenters. The first kappa shape index (κ1) is 24.7. The van der Waals surface area contributed by atoms with Crippen molar-refractivity contribution in [1.29, 1.82) is 0 Å². The lowest BCUT2D eigenvalue weighted by molar-refractivity contribution is -0.385. The molecule has 2 saturated heterocycles. The van der Waals surface area contributed by atoms with Crippen LogP contribution in [0.3, 0.4) is 0 Å². The molecule has 180 valence electrons. The van der Waals surface area contributed by atoms with Crippen LogP contribution in [-0.4, -0.2) is 120 Å². The molecular formula is C18H25NO13. The molecule has 0 bridgehead atoms. The molecule has 0 aromatic heterocycles. The highest BCUT2D eigenvalue weighted by Gasteiger charge is 2.65. The van der Waals surface area contributed by atoms with E-state index in [2.05, 4.69) is 0 Å². The van der Waals surface area contributed by atoms with Gasteiger partial charge in [0.1, 0.15) is 54.6 Å². The van der Waals surface area contributed by atoms with E-state index in [0.717, 1.165) is 24.3 Å². The number of benzene rings is 1.